The van der Waals surface area contributed by atoms with Crippen LogP contribution >= 0.6 is 0 Å². The Balaban J connectivity index is 1.58. The molecule has 3 rings (SSSR count). The van der Waals surface area contributed by atoms with E-state index in [0.717, 1.165) is 24.5 Å². The second-order valence-electron chi connectivity index (χ2n) is 6.53. The average Bonchev–Trinajstić information content (AvgIpc) is 2.73. The number of methoxy groups -OCH3 is 1. The Morgan fingerprint density at radius 2 is 1.55 bits per heavy atom. The lowest BCUT2D eigenvalue weighted by Crippen LogP contribution is -2.48. The first kappa shape index (κ1) is 20.0. The summed E-state index contributed by atoms with van der Waals surface area (Å²) < 4.78 is 5.14. The number of nitrogens with zero attached hydrogens (tertiary/aromatic N) is 4. The van der Waals surface area contributed by atoms with Crippen LogP contribution in [-0.2, 0) is 0 Å². The third kappa shape index (κ3) is 5.16. The van der Waals surface area contributed by atoms with Crippen LogP contribution < -0.4 is 26.8 Å². The van der Waals surface area contributed by atoms with Gasteiger partial charge in [0.2, 0.25) is 5.96 Å². The number of benzene rings is 2. The number of ether oxygens (including phenoxy) is 1. The molecule has 1 aliphatic heterocycles. The van der Waals surface area contributed by atoms with Crippen molar-refractivity contribution in [3.63, 3.8) is 0 Å². The van der Waals surface area contributed by atoms with Gasteiger partial charge in [-0.2, -0.15) is 4.99 Å². The zero-order valence-corrected chi connectivity index (χ0v) is 16.3. The molecule has 2 aromatic rings. The molecule has 9 heteroatoms. The molecule has 1 fully saturated rings. The van der Waals surface area contributed by atoms with E-state index in [1.807, 2.05) is 29.2 Å². The van der Waals surface area contributed by atoms with Gasteiger partial charge in [-0.05, 0) is 48.5 Å². The molecule has 0 aliphatic carbocycles. The molecule has 0 bridgehead atoms. The largest absolute Gasteiger partial charge is 0.497 e. The molecule has 0 spiro atoms. The van der Waals surface area contributed by atoms with E-state index in [1.54, 1.807) is 31.4 Å². The van der Waals surface area contributed by atoms with E-state index in [-0.39, 0.29) is 17.8 Å². The Morgan fingerprint density at radius 1 is 0.931 bits per heavy atom. The molecule has 0 saturated carbocycles. The number of hydrogen-bond acceptors (Lipinski definition) is 4. The fourth-order valence-electron chi connectivity index (χ4n) is 3.11. The van der Waals surface area contributed by atoms with E-state index < -0.39 is 0 Å². The van der Waals surface area contributed by atoms with Gasteiger partial charge in [-0.3, -0.25) is 4.79 Å². The van der Waals surface area contributed by atoms with Crippen molar-refractivity contribution in [1.82, 2.24) is 4.90 Å². The van der Waals surface area contributed by atoms with Gasteiger partial charge in [-0.15, -0.1) is 0 Å². The summed E-state index contributed by atoms with van der Waals surface area (Å²) in [7, 11) is 1.61. The maximum Gasteiger partial charge on any atom is 0.253 e. The van der Waals surface area contributed by atoms with Crippen molar-refractivity contribution in [2.45, 2.75) is 0 Å². The first-order valence-corrected chi connectivity index (χ1v) is 9.18. The van der Waals surface area contributed by atoms with Crippen LogP contribution in [0.2, 0.25) is 0 Å². The zero-order chi connectivity index (χ0) is 20.8. The highest BCUT2D eigenvalue weighted by atomic mass is 16.5. The number of nitrogens with two attached hydrogens (primary N) is 3. The number of guanidine groups is 2. The summed E-state index contributed by atoms with van der Waals surface area (Å²) in [5.74, 6) is 0.639. The van der Waals surface area contributed by atoms with Gasteiger partial charge in [0.25, 0.3) is 5.91 Å². The molecular formula is C20H25N7O2. The van der Waals surface area contributed by atoms with E-state index in [2.05, 4.69) is 14.9 Å². The molecule has 0 unspecified atom stereocenters. The van der Waals surface area contributed by atoms with Crippen LogP contribution in [0.3, 0.4) is 0 Å². The highest BCUT2D eigenvalue weighted by molar-refractivity contribution is 5.94. The van der Waals surface area contributed by atoms with Crippen molar-refractivity contribution in [1.29, 1.82) is 0 Å². The van der Waals surface area contributed by atoms with Gasteiger partial charge in [0, 0.05) is 37.4 Å². The Hall–Kier alpha value is -3.75. The van der Waals surface area contributed by atoms with Crippen LogP contribution in [0.5, 0.6) is 5.75 Å². The Labute approximate surface area is 169 Å². The summed E-state index contributed by atoms with van der Waals surface area (Å²) in [5.41, 5.74) is 18.6. The number of anilines is 1. The number of aliphatic imine (C=N–C) groups is 2. The summed E-state index contributed by atoms with van der Waals surface area (Å²) in [6.07, 6.45) is 0. The molecule has 2 aromatic carbocycles. The molecule has 9 nitrogen and oxygen atoms in total. The summed E-state index contributed by atoms with van der Waals surface area (Å²) in [4.78, 5) is 24.6. The molecule has 0 radical (unpaired) electrons. The summed E-state index contributed by atoms with van der Waals surface area (Å²) >= 11 is 0. The minimum absolute atomic E-state index is 0.00316. The molecule has 152 valence electrons. The molecule has 1 heterocycles. The third-order valence-electron chi connectivity index (χ3n) is 4.61. The van der Waals surface area contributed by atoms with Crippen LogP contribution in [0, 0.1) is 0 Å². The Kier molecular flexibility index (Phi) is 6.18. The Morgan fingerprint density at radius 3 is 2.10 bits per heavy atom. The number of hydrogen-bond donors (Lipinski definition) is 3. The van der Waals surface area contributed by atoms with Gasteiger partial charge in [-0.25, -0.2) is 4.99 Å². The lowest BCUT2D eigenvalue weighted by molar-refractivity contribution is 0.0747. The standard InChI is InChI=1S/C20H25N7O2/c1-29-17-8-2-14(3-9-17)18(28)27-12-10-26(11-13-27)16-6-4-15(5-7-16)24-20(23)25-19(21)22/h2-9H,10-13H2,1H3,(H6,21,22,23,24,25). The number of rotatable bonds is 4. The minimum atomic E-state index is -0.134. The number of carbonyl (C=O) groups is 1. The molecule has 1 aliphatic rings. The molecule has 29 heavy (non-hydrogen) atoms. The van der Waals surface area contributed by atoms with Crippen LogP contribution in [0.4, 0.5) is 11.4 Å². The van der Waals surface area contributed by atoms with Gasteiger partial charge >= 0.3 is 0 Å². The fourth-order valence-corrected chi connectivity index (χ4v) is 3.11. The van der Waals surface area contributed by atoms with E-state index in [9.17, 15) is 4.79 Å². The maximum absolute atomic E-state index is 12.7. The van der Waals surface area contributed by atoms with Gasteiger partial charge in [0.1, 0.15) is 5.75 Å². The molecule has 6 N–H and O–H groups in total. The van der Waals surface area contributed by atoms with Crippen LogP contribution in [0.1, 0.15) is 10.4 Å². The summed E-state index contributed by atoms with van der Waals surface area (Å²) in [6, 6.07) is 14.8. The molecule has 1 amide bonds. The third-order valence-corrected chi connectivity index (χ3v) is 4.61. The molecular weight excluding hydrogens is 370 g/mol. The SMILES string of the molecule is COc1ccc(C(=O)N2CCN(c3ccc(N=C(N)N=C(N)N)cc3)CC2)cc1. The number of amides is 1. The number of carbonyl (C=O) groups excluding carboxylic acids is 1. The van der Waals surface area contributed by atoms with E-state index in [4.69, 9.17) is 21.9 Å². The smallest absolute Gasteiger partial charge is 0.253 e. The molecule has 0 aromatic heterocycles. The van der Waals surface area contributed by atoms with Gasteiger partial charge in [0.05, 0.1) is 12.8 Å². The van der Waals surface area contributed by atoms with Crippen LogP contribution in [-0.4, -0.2) is 56.0 Å². The monoisotopic (exact) mass is 395 g/mol. The van der Waals surface area contributed by atoms with Crippen LogP contribution in [0.25, 0.3) is 0 Å². The van der Waals surface area contributed by atoms with Crippen LogP contribution in [0.15, 0.2) is 58.5 Å². The summed E-state index contributed by atoms with van der Waals surface area (Å²) in [5, 5.41) is 0. The number of piperazine rings is 1. The second kappa shape index (κ2) is 8.96. The van der Waals surface area contributed by atoms with Gasteiger partial charge < -0.3 is 31.7 Å². The van der Waals surface area contributed by atoms with Crippen molar-refractivity contribution < 1.29 is 9.53 Å². The van der Waals surface area contributed by atoms with Gasteiger partial charge in [0.15, 0.2) is 5.96 Å². The second-order valence-corrected chi connectivity index (χ2v) is 6.53. The lowest BCUT2D eigenvalue weighted by Gasteiger charge is -2.36. The van der Waals surface area contributed by atoms with Crippen molar-refractivity contribution in [2.24, 2.45) is 27.2 Å². The quantitative estimate of drug-likeness (QED) is 0.519. The maximum atomic E-state index is 12.7. The van der Waals surface area contributed by atoms with E-state index >= 15 is 0 Å². The predicted octanol–water partition coefficient (Wildman–Crippen LogP) is 0.877. The molecule has 1 saturated heterocycles. The minimum Gasteiger partial charge on any atom is -0.497 e. The fraction of sp³-hybridized carbons (Fsp3) is 0.250. The highest BCUT2D eigenvalue weighted by Gasteiger charge is 2.22. The zero-order valence-electron chi connectivity index (χ0n) is 16.3. The van der Waals surface area contributed by atoms with Crippen molar-refractivity contribution in [3.05, 3.63) is 54.1 Å². The predicted molar refractivity (Wildman–Crippen MR) is 115 cm³/mol. The molecule has 0 atom stereocenters. The van der Waals surface area contributed by atoms with E-state index in [0.29, 0.717) is 24.3 Å². The van der Waals surface area contributed by atoms with Crippen molar-refractivity contribution in [2.75, 3.05) is 38.2 Å². The Bertz CT molecular complexity index is 895. The average molecular weight is 395 g/mol. The highest BCUT2D eigenvalue weighted by Crippen LogP contribution is 2.22. The first-order chi connectivity index (χ1) is 14.0. The van der Waals surface area contributed by atoms with Crippen molar-refractivity contribution in [3.8, 4) is 5.75 Å². The topological polar surface area (TPSA) is 136 Å². The normalized spacial score (nSPS) is 14.4. The van der Waals surface area contributed by atoms with Crippen molar-refractivity contribution >= 4 is 29.2 Å². The first-order valence-electron chi connectivity index (χ1n) is 9.18. The van der Waals surface area contributed by atoms with E-state index in [1.165, 1.54) is 0 Å². The summed E-state index contributed by atoms with van der Waals surface area (Å²) in [6.45, 7) is 2.81. The lowest BCUT2D eigenvalue weighted by atomic mass is 10.1. The van der Waals surface area contributed by atoms with Gasteiger partial charge in [-0.1, -0.05) is 0 Å².